The van der Waals surface area contributed by atoms with Crippen LogP contribution < -0.4 is 14.4 Å². The number of para-hydroxylation sites is 1. The zero-order chi connectivity index (χ0) is 22.1. The van der Waals surface area contributed by atoms with E-state index >= 15 is 8.78 Å². The van der Waals surface area contributed by atoms with Crippen molar-refractivity contribution in [3.05, 3.63) is 47.8 Å². The minimum absolute atomic E-state index is 0.108. The average Bonchev–Trinajstić information content (AvgIpc) is 3.21. The lowest BCUT2D eigenvalue weighted by Crippen LogP contribution is -2.24. The molecule has 0 amide bonds. The summed E-state index contributed by atoms with van der Waals surface area (Å²) >= 11 is 0. The summed E-state index contributed by atoms with van der Waals surface area (Å²) in [6.07, 6.45) is 3.48. The Morgan fingerprint density at radius 1 is 1.13 bits per heavy atom. The summed E-state index contributed by atoms with van der Waals surface area (Å²) in [5, 5.41) is 0. The van der Waals surface area contributed by atoms with Crippen LogP contribution in [0.2, 0.25) is 0 Å². The molecule has 31 heavy (non-hydrogen) atoms. The molecule has 0 bridgehead atoms. The minimum Gasteiger partial charge on any atom is -0.494 e. The van der Waals surface area contributed by atoms with E-state index in [1.807, 2.05) is 23.9 Å². The number of aliphatic imine (C=N–C) groups is 1. The first kappa shape index (κ1) is 20.8. The third-order valence-corrected chi connectivity index (χ3v) is 4.98. The number of methoxy groups -OCH3 is 2. The van der Waals surface area contributed by atoms with Crippen LogP contribution in [0.5, 0.6) is 11.5 Å². The van der Waals surface area contributed by atoms with Gasteiger partial charge in [-0.3, -0.25) is 4.99 Å². The van der Waals surface area contributed by atoms with Crippen molar-refractivity contribution in [2.45, 2.75) is 6.54 Å². The molecule has 0 unspecified atom stereocenters. The van der Waals surface area contributed by atoms with E-state index in [9.17, 15) is 0 Å². The SMILES string of the molecule is COc1cc(OC)c(F)c(-c2cccc3c2N(c2ncc(CN(C)C)[nH]2)CC=N3)c1F. The standard InChI is InChI=1S/C22H23F2N5O2/c1-28(2)12-13-11-26-22(27-13)29-9-8-25-15-7-5-6-14(21(15)29)18-19(23)16(30-3)10-17(31-4)20(18)24/h5-8,10-11H,9,12H2,1-4H3,(H,26,27). The van der Waals surface area contributed by atoms with E-state index < -0.39 is 11.6 Å². The van der Waals surface area contributed by atoms with Crippen molar-refractivity contribution >= 4 is 23.5 Å². The van der Waals surface area contributed by atoms with Crippen molar-refractivity contribution in [2.75, 3.05) is 39.8 Å². The van der Waals surface area contributed by atoms with Crippen molar-refractivity contribution in [1.29, 1.82) is 0 Å². The van der Waals surface area contributed by atoms with Crippen LogP contribution in [0.25, 0.3) is 11.1 Å². The number of H-pyrrole nitrogens is 1. The Hall–Kier alpha value is -3.46. The monoisotopic (exact) mass is 427 g/mol. The lowest BCUT2D eigenvalue weighted by atomic mass is 9.99. The smallest absolute Gasteiger partial charge is 0.208 e. The first-order chi connectivity index (χ1) is 14.9. The molecule has 0 aliphatic carbocycles. The Balaban J connectivity index is 1.91. The molecule has 7 nitrogen and oxygen atoms in total. The van der Waals surface area contributed by atoms with Gasteiger partial charge in [0.15, 0.2) is 23.1 Å². The second-order valence-corrected chi connectivity index (χ2v) is 7.35. The van der Waals surface area contributed by atoms with Gasteiger partial charge in [0, 0.05) is 24.4 Å². The molecule has 3 aromatic rings. The molecule has 0 atom stereocenters. The predicted molar refractivity (Wildman–Crippen MR) is 116 cm³/mol. The molecule has 4 rings (SSSR count). The molecule has 1 N–H and O–H groups in total. The number of anilines is 2. The molecule has 0 spiro atoms. The second-order valence-electron chi connectivity index (χ2n) is 7.35. The highest BCUT2D eigenvalue weighted by atomic mass is 19.1. The summed E-state index contributed by atoms with van der Waals surface area (Å²) in [6, 6.07) is 6.34. The number of aromatic amines is 1. The van der Waals surface area contributed by atoms with Gasteiger partial charge in [-0.25, -0.2) is 13.8 Å². The highest BCUT2D eigenvalue weighted by molar-refractivity contribution is 5.95. The molecular formula is C22H23F2N5O2. The average molecular weight is 427 g/mol. The van der Waals surface area contributed by atoms with Gasteiger partial charge in [0.25, 0.3) is 0 Å². The van der Waals surface area contributed by atoms with Crippen LogP contribution in [0.1, 0.15) is 5.69 Å². The van der Waals surface area contributed by atoms with Crippen molar-refractivity contribution < 1.29 is 18.3 Å². The molecular weight excluding hydrogens is 404 g/mol. The summed E-state index contributed by atoms with van der Waals surface area (Å²) in [5.41, 5.74) is 2.13. The number of nitrogens with one attached hydrogen (secondary N) is 1. The van der Waals surface area contributed by atoms with Gasteiger partial charge >= 0.3 is 0 Å². The molecule has 1 aromatic heterocycles. The number of benzene rings is 2. The first-order valence-corrected chi connectivity index (χ1v) is 9.66. The largest absolute Gasteiger partial charge is 0.494 e. The molecule has 2 heterocycles. The lowest BCUT2D eigenvalue weighted by molar-refractivity contribution is 0.360. The predicted octanol–water partition coefficient (Wildman–Crippen LogP) is 4.29. The van der Waals surface area contributed by atoms with Crippen molar-refractivity contribution in [3.63, 3.8) is 0 Å². The zero-order valence-corrected chi connectivity index (χ0v) is 17.7. The topological polar surface area (TPSA) is 66.0 Å². The van der Waals surface area contributed by atoms with E-state index in [0.29, 0.717) is 36.0 Å². The van der Waals surface area contributed by atoms with Gasteiger partial charge in [-0.15, -0.1) is 0 Å². The molecule has 2 aromatic carbocycles. The second kappa shape index (κ2) is 8.35. The highest BCUT2D eigenvalue weighted by Gasteiger charge is 2.28. The van der Waals surface area contributed by atoms with Crippen LogP contribution in [0.4, 0.5) is 26.1 Å². The fourth-order valence-electron chi connectivity index (χ4n) is 3.65. The molecule has 1 aliphatic rings. The number of hydrogen-bond donors (Lipinski definition) is 1. The van der Waals surface area contributed by atoms with E-state index in [-0.39, 0.29) is 17.1 Å². The number of nitrogens with zero attached hydrogens (tertiary/aromatic N) is 4. The van der Waals surface area contributed by atoms with Crippen molar-refractivity contribution in [3.8, 4) is 22.6 Å². The van der Waals surface area contributed by atoms with Crippen LogP contribution >= 0.6 is 0 Å². The Morgan fingerprint density at radius 2 is 1.84 bits per heavy atom. The maximum Gasteiger partial charge on any atom is 0.208 e. The number of hydrogen-bond acceptors (Lipinski definition) is 6. The number of ether oxygens (including phenoxy) is 2. The van der Waals surface area contributed by atoms with Crippen LogP contribution in [0.15, 0.2) is 35.5 Å². The number of fused-ring (bicyclic) bond motifs is 1. The molecule has 9 heteroatoms. The van der Waals surface area contributed by atoms with E-state index in [0.717, 1.165) is 5.69 Å². The maximum absolute atomic E-state index is 15.3. The summed E-state index contributed by atoms with van der Waals surface area (Å²) in [4.78, 5) is 16.1. The Labute approximate surface area is 178 Å². The summed E-state index contributed by atoms with van der Waals surface area (Å²) in [6.45, 7) is 1.07. The van der Waals surface area contributed by atoms with Crippen LogP contribution in [-0.4, -0.2) is 55.9 Å². The Bertz CT molecular complexity index is 1110. The van der Waals surface area contributed by atoms with E-state index in [1.54, 1.807) is 30.6 Å². The van der Waals surface area contributed by atoms with Crippen molar-refractivity contribution in [1.82, 2.24) is 14.9 Å². The molecule has 0 saturated heterocycles. The molecule has 0 fully saturated rings. The summed E-state index contributed by atoms with van der Waals surface area (Å²) < 4.78 is 40.8. The molecule has 0 saturated carbocycles. The van der Waals surface area contributed by atoms with Gasteiger partial charge in [0.2, 0.25) is 5.95 Å². The third-order valence-electron chi connectivity index (χ3n) is 4.98. The number of halogens is 2. The van der Waals surface area contributed by atoms with Gasteiger partial charge in [-0.2, -0.15) is 0 Å². The summed E-state index contributed by atoms with van der Waals surface area (Å²) in [5.74, 6) is -1.27. The minimum atomic E-state index is -0.809. The van der Waals surface area contributed by atoms with Gasteiger partial charge in [0.1, 0.15) is 0 Å². The fourth-order valence-corrected chi connectivity index (χ4v) is 3.65. The quantitative estimate of drug-likeness (QED) is 0.636. The third kappa shape index (κ3) is 3.72. The maximum atomic E-state index is 15.3. The Kier molecular flexibility index (Phi) is 5.60. The van der Waals surface area contributed by atoms with Crippen LogP contribution in [-0.2, 0) is 6.54 Å². The normalized spacial score (nSPS) is 12.9. The molecule has 162 valence electrons. The van der Waals surface area contributed by atoms with Crippen LogP contribution in [0, 0.1) is 11.6 Å². The lowest BCUT2D eigenvalue weighted by Gasteiger charge is -2.28. The fraction of sp³-hybridized carbons (Fsp3) is 0.273. The van der Waals surface area contributed by atoms with Crippen molar-refractivity contribution in [2.24, 2.45) is 4.99 Å². The molecule has 0 radical (unpaired) electrons. The Morgan fingerprint density at radius 3 is 2.48 bits per heavy atom. The highest BCUT2D eigenvalue weighted by Crippen LogP contribution is 2.47. The van der Waals surface area contributed by atoms with Gasteiger partial charge in [0.05, 0.1) is 49.6 Å². The number of aromatic nitrogens is 2. The van der Waals surface area contributed by atoms with Gasteiger partial charge < -0.3 is 24.3 Å². The zero-order valence-electron chi connectivity index (χ0n) is 17.7. The first-order valence-electron chi connectivity index (χ1n) is 9.66. The van der Waals surface area contributed by atoms with E-state index in [4.69, 9.17) is 9.47 Å². The number of imidazole rings is 1. The van der Waals surface area contributed by atoms with Gasteiger partial charge in [-0.05, 0) is 20.2 Å². The van der Waals surface area contributed by atoms with E-state index in [2.05, 4.69) is 15.0 Å². The van der Waals surface area contributed by atoms with Gasteiger partial charge in [-0.1, -0.05) is 12.1 Å². The molecule has 1 aliphatic heterocycles. The number of rotatable bonds is 6. The van der Waals surface area contributed by atoms with E-state index in [1.165, 1.54) is 20.3 Å². The van der Waals surface area contributed by atoms with Crippen LogP contribution in [0.3, 0.4) is 0 Å². The summed E-state index contributed by atoms with van der Waals surface area (Å²) in [7, 11) is 6.57.